The summed E-state index contributed by atoms with van der Waals surface area (Å²) in [6.45, 7) is 0. The fourth-order valence-corrected chi connectivity index (χ4v) is 3.90. The predicted molar refractivity (Wildman–Crippen MR) is 79.5 cm³/mol. The van der Waals surface area contributed by atoms with Gasteiger partial charge in [0.05, 0.1) is 0 Å². The van der Waals surface area contributed by atoms with Crippen molar-refractivity contribution in [2.45, 2.75) is 44.9 Å². The third-order valence-electron chi connectivity index (χ3n) is 5.05. The van der Waals surface area contributed by atoms with Crippen LogP contribution < -0.4 is 5.32 Å². The molecule has 0 radical (unpaired) electrons. The van der Waals surface area contributed by atoms with Crippen molar-refractivity contribution in [1.82, 2.24) is 0 Å². The van der Waals surface area contributed by atoms with E-state index in [2.05, 4.69) is 5.32 Å². The van der Waals surface area contributed by atoms with Gasteiger partial charge in [-0.15, -0.1) is 0 Å². The van der Waals surface area contributed by atoms with Gasteiger partial charge in [0.2, 0.25) is 5.91 Å². The van der Waals surface area contributed by atoms with Gasteiger partial charge in [-0.05, 0) is 55.4 Å². The number of hydrogen-bond donors (Lipinski definition) is 2. The zero-order chi connectivity index (χ0) is 13.9. The Morgan fingerprint density at radius 3 is 2.45 bits per heavy atom. The lowest BCUT2D eigenvalue weighted by Crippen LogP contribution is -2.33. The second-order valence-corrected chi connectivity index (χ2v) is 6.35. The summed E-state index contributed by atoms with van der Waals surface area (Å²) in [6.07, 6.45) is 8.72. The Bertz CT molecular complexity index is 468. The van der Waals surface area contributed by atoms with Crippen LogP contribution in [0.15, 0.2) is 24.3 Å². The maximum atomic E-state index is 12.4. The van der Waals surface area contributed by atoms with Crippen molar-refractivity contribution in [3.05, 3.63) is 24.3 Å². The molecule has 1 aromatic rings. The van der Waals surface area contributed by atoms with Crippen LogP contribution in [-0.4, -0.2) is 11.0 Å². The van der Waals surface area contributed by atoms with Crippen molar-refractivity contribution >= 4 is 11.6 Å². The van der Waals surface area contributed by atoms with Crippen LogP contribution in [0.3, 0.4) is 0 Å². The number of aromatic hydroxyl groups is 1. The van der Waals surface area contributed by atoms with Gasteiger partial charge < -0.3 is 10.4 Å². The van der Waals surface area contributed by atoms with E-state index in [4.69, 9.17) is 0 Å². The quantitative estimate of drug-likeness (QED) is 0.802. The number of anilines is 1. The standard InChI is InChI=1S/C17H23NO2/c19-16-9-7-15(8-10-16)18-17(20)14-6-5-12-3-1-2-4-13(12)11-14/h7-10,12-14,19H,1-6,11H2,(H,18,20). The second-order valence-electron chi connectivity index (χ2n) is 6.35. The number of carbonyl (C=O) groups excluding carboxylic acids is 1. The molecule has 0 aromatic heterocycles. The van der Waals surface area contributed by atoms with E-state index in [9.17, 15) is 9.90 Å². The minimum Gasteiger partial charge on any atom is -0.508 e. The normalized spacial score (nSPS) is 29.5. The van der Waals surface area contributed by atoms with E-state index in [1.54, 1.807) is 24.3 Å². The van der Waals surface area contributed by atoms with E-state index < -0.39 is 0 Å². The second kappa shape index (κ2) is 5.86. The highest BCUT2D eigenvalue weighted by atomic mass is 16.3. The number of carbonyl (C=O) groups is 1. The third kappa shape index (κ3) is 2.97. The Kier molecular flexibility index (Phi) is 3.95. The number of nitrogens with one attached hydrogen (secondary N) is 1. The molecule has 3 unspecified atom stereocenters. The topological polar surface area (TPSA) is 49.3 Å². The average molecular weight is 273 g/mol. The summed E-state index contributed by atoms with van der Waals surface area (Å²) in [5.74, 6) is 2.20. The summed E-state index contributed by atoms with van der Waals surface area (Å²) >= 11 is 0. The maximum absolute atomic E-state index is 12.4. The highest BCUT2D eigenvalue weighted by Crippen LogP contribution is 2.42. The largest absolute Gasteiger partial charge is 0.508 e. The van der Waals surface area contributed by atoms with Gasteiger partial charge in [-0.3, -0.25) is 4.79 Å². The first kappa shape index (κ1) is 13.5. The Labute approximate surface area is 120 Å². The molecule has 3 heteroatoms. The predicted octanol–water partition coefficient (Wildman–Crippen LogP) is 3.94. The summed E-state index contributed by atoms with van der Waals surface area (Å²) in [5.41, 5.74) is 0.776. The molecule has 2 N–H and O–H groups in total. The van der Waals surface area contributed by atoms with Gasteiger partial charge in [-0.1, -0.05) is 25.7 Å². The Hall–Kier alpha value is -1.51. The van der Waals surface area contributed by atoms with Gasteiger partial charge >= 0.3 is 0 Å². The SMILES string of the molecule is O=C(Nc1ccc(O)cc1)C1CCC2CCCCC2C1. The van der Waals surface area contributed by atoms with Gasteiger partial charge in [0.1, 0.15) is 5.75 Å². The lowest BCUT2D eigenvalue weighted by atomic mass is 9.67. The third-order valence-corrected chi connectivity index (χ3v) is 5.05. The van der Waals surface area contributed by atoms with Crippen LogP contribution in [0.1, 0.15) is 44.9 Å². The molecule has 3 nitrogen and oxygen atoms in total. The van der Waals surface area contributed by atoms with E-state index in [1.165, 1.54) is 32.1 Å². The molecule has 20 heavy (non-hydrogen) atoms. The van der Waals surface area contributed by atoms with Crippen molar-refractivity contribution in [3.63, 3.8) is 0 Å². The number of rotatable bonds is 2. The van der Waals surface area contributed by atoms with Crippen molar-refractivity contribution in [2.24, 2.45) is 17.8 Å². The monoisotopic (exact) mass is 273 g/mol. The zero-order valence-electron chi connectivity index (χ0n) is 11.8. The molecule has 2 saturated carbocycles. The van der Waals surface area contributed by atoms with Crippen LogP contribution >= 0.6 is 0 Å². The first-order valence-electron chi connectivity index (χ1n) is 7.82. The van der Waals surface area contributed by atoms with Crippen molar-refractivity contribution < 1.29 is 9.90 Å². The summed E-state index contributed by atoms with van der Waals surface area (Å²) < 4.78 is 0. The molecule has 108 valence electrons. The van der Waals surface area contributed by atoms with E-state index in [0.717, 1.165) is 30.4 Å². The molecule has 0 saturated heterocycles. The zero-order valence-corrected chi connectivity index (χ0v) is 11.8. The fourth-order valence-electron chi connectivity index (χ4n) is 3.90. The number of phenols is 1. The van der Waals surface area contributed by atoms with Crippen LogP contribution in [-0.2, 0) is 4.79 Å². The van der Waals surface area contributed by atoms with E-state index in [-0.39, 0.29) is 17.6 Å². The van der Waals surface area contributed by atoms with E-state index in [0.29, 0.717) is 0 Å². The maximum Gasteiger partial charge on any atom is 0.227 e. The molecule has 1 aromatic carbocycles. The molecule has 1 amide bonds. The lowest BCUT2D eigenvalue weighted by Gasteiger charge is -2.38. The highest BCUT2D eigenvalue weighted by Gasteiger charge is 2.34. The Morgan fingerprint density at radius 1 is 1.00 bits per heavy atom. The molecular formula is C17H23NO2. The van der Waals surface area contributed by atoms with Crippen LogP contribution in [0, 0.1) is 17.8 Å². The number of hydrogen-bond acceptors (Lipinski definition) is 2. The molecule has 3 atom stereocenters. The first-order chi connectivity index (χ1) is 9.72. The minimum atomic E-state index is 0.153. The van der Waals surface area contributed by atoms with Crippen LogP contribution in [0.4, 0.5) is 5.69 Å². The summed E-state index contributed by atoms with van der Waals surface area (Å²) in [4.78, 5) is 12.4. The van der Waals surface area contributed by atoms with E-state index >= 15 is 0 Å². The molecule has 2 aliphatic carbocycles. The van der Waals surface area contributed by atoms with Crippen molar-refractivity contribution in [1.29, 1.82) is 0 Å². The van der Waals surface area contributed by atoms with Crippen molar-refractivity contribution in [3.8, 4) is 5.75 Å². The number of benzene rings is 1. The van der Waals surface area contributed by atoms with Gasteiger partial charge in [0.15, 0.2) is 0 Å². The fraction of sp³-hybridized carbons (Fsp3) is 0.588. The highest BCUT2D eigenvalue weighted by molar-refractivity contribution is 5.92. The summed E-state index contributed by atoms with van der Waals surface area (Å²) in [7, 11) is 0. The molecule has 0 aliphatic heterocycles. The van der Waals surface area contributed by atoms with Gasteiger partial charge in [-0.2, -0.15) is 0 Å². The molecular weight excluding hydrogens is 250 g/mol. The Balaban J connectivity index is 1.58. The molecule has 2 fully saturated rings. The number of fused-ring (bicyclic) bond motifs is 1. The lowest BCUT2D eigenvalue weighted by molar-refractivity contribution is -0.122. The molecule has 0 spiro atoms. The average Bonchev–Trinajstić information content (AvgIpc) is 2.49. The minimum absolute atomic E-state index is 0.153. The molecule has 2 aliphatic rings. The first-order valence-corrected chi connectivity index (χ1v) is 7.82. The summed E-state index contributed by atoms with van der Waals surface area (Å²) in [6, 6.07) is 6.71. The van der Waals surface area contributed by atoms with E-state index in [1.807, 2.05) is 0 Å². The molecule has 3 rings (SSSR count). The molecule has 0 heterocycles. The summed E-state index contributed by atoms with van der Waals surface area (Å²) in [5, 5.41) is 12.2. The van der Waals surface area contributed by atoms with Gasteiger partial charge in [-0.25, -0.2) is 0 Å². The van der Waals surface area contributed by atoms with Crippen molar-refractivity contribution in [2.75, 3.05) is 5.32 Å². The van der Waals surface area contributed by atoms with Gasteiger partial charge in [0, 0.05) is 11.6 Å². The van der Waals surface area contributed by atoms with Crippen LogP contribution in [0.2, 0.25) is 0 Å². The number of amides is 1. The molecule has 0 bridgehead atoms. The van der Waals surface area contributed by atoms with Crippen LogP contribution in [0.5, 0.6) is 5.75 Å². The Morgan fingerprint density at radius 2 is 1.70 bits per heavy atom. The smallest absolute Gasteiger partial charge is 0.227 e. The van der Waals surface area contributed by atoms with Crippen LogP contribution in [0.25, 0.3) is 0 Å². The number of phenolic OH excluding ortho intramolecular Hbond substituents is 1. The van der Waals surface area contributed by atoms with Gasteiger partial charge in [0.25, 0.3) is 0 Å².